The van der Waals surface area contributed by atoms with E-state index in [4.69, 9.17) is 4.98 Å². The molecule has 2 rings (SSSR count). The predicted octanol–water partition coefficient (Wildman–Crippen LogP) is 4.00. The number of rotatable bonds is 6. The largest absolute Gasteiger partial charge is 0.348 e. The average molecular weight is 295 g/mol. The van der Waals surface area contributed by atoms with Crippen LogP contribution in [0, 0.1) is 5.41 Å². The second-order valence-corrected chi connectivity index (χ2v) is 7.69. The minimum atomic E-state index is 0.354. The van der Waals surface area contributed by atoms with Crippen LogP contribution in [0.1, 0.15) is 63.6 Å². The molecule has 1 aromatic heterocycles. The Kier molecular flexibility index (Phi) is 5.08. The summed E-state index contributed by atoms with van der Waals surface area (Å²) in [5.41, 5.74) is 1.68. The van der Waals surface area contributed by atoms with Crippen molar-refractivity contribution in [2.75, 3.05) is 25.0 Å². The maximum Gasteiger partial charge on any atom is 0.185 e. The molecule has 0 aliphatic heterocycles. The van der Waals surface area contributed by atoms with Gasteiger partial charge in [-0.2, -0.15) is 0 Å². The van der Waals surface area contributed by atoms with Gasteiger partial charge in [0.15, 0.2) is 5.13 Å². The monoisotopic (exact) mass is 295 g/mol. The van der Waals surface area contributed by atoms with Gasteiger partial charge in [-0.25, -0.2) is 4.98 Å². The van der Waals surface area contributed by atoms with Crippen LogP contribution in [0.2, 0.25) is 0 Å². The highest BCUT2D eigenvalue weighted by Crippen LogP contribution is 2.44. The van der Waals surface area contributed by atoms with E-state index in [1.807, 2.05) is 11.3 Å². The van der Waals surface area contributed by atoms with Crippen LogP contribution < -0.4 is 10.2 Å². The molecule has 0 spiro atoms. The Labute approximate surface area is 127 Å². The molecule has 20 heavy (non-hydrogen) atoms. The van der Waals surface area contributed by atoms with Gasteiger partial charge >= 0.3 is 0 Å². The van der Waals surface area contributed by atoms with Crippen LogP contribution >= 0.6 is 11.3 Å². The van der Waals surface area contributed by atoms with Crippen molar-refractivity contribution in [2.45, 2.75) is 59.4 Å². The lowest BCUT2D eigenvalue weighted by Crippen LogP contribution is -2.30. The first-order chi connectivity index (χ1) is 9.50. The number of hydrogen-bond donors (Lipinski definition) is 1. The molecule has 0 radical (unpaired) electrons. The number of fused-ring (bicyclic) bond motifs is 1. The van der Waals surface area contributed by atoms with Crippen LogP contribution in [0.15, 0.2) is 0 Å². The van der Waals surface area contributed by atoms with Crippen LogP contribution in [-0.4, -0.2) is 25.1 Å². The summed E-state index contributed by atoms with van der Waals surface area (Å²) >= 11 is 1.91. The molecule has 4 heteroatoms. The first kappa shape index (κ1) is 15.8. The molecule has 3 nitrogen and oxygen atoms in total. The van der Waals surface area contributed by atoms with Gasteiger partial charge in [-0.15, -0.1) is 0 Å². The molecule has 114 valence electrons. The molecule has 0 bridgehead atoms. The highest BCUT2D eigenvalue weighted by molar-refractivity contribution is 7.15. The lowest BCUT2D eigenvalue weighted by Gasteiger charge is -2.34. The summed E-state index contributed by atoms with van der Waals surface area (Å²) in [6.07, 6.45) is 4.69. The number of aromatic nitrogens is 1. The molecular weight excluding hydrogens is 266 g/mol. The molecule has 1 aliphatic carbocycles. The van der Waals surface area contributed by atoms with Crippen LogP contribution in [0.3, 0.4) is 0 Å². The summed E-state index contributed by atoms with van der Waals surface area (Å²) in [4.78, 5) is 8.92. The second-order valence-electron chi connectivity index (χ2n) is 6.68. The van der Waals surface area contributed by atoms with Crippen molar-refractivity contribution < 1.29 is 0 Å². The van der Waals surface area contributed by atoms with Gasteiger partial charge in [-0.3, -0.25) is 0 Å². The van der Waals surface area contributed by atoms with Gasteiger partial charge in [0.25, 0.3) is 0 Å². The van der Waals surface area contributed by atoms with Crippen LogP contribution in [0.25, 0.3) is 0 Å². The number of anilines is 1. The minimum Gasteiger partial charge on any atom is -0.348 e. The highest BCUT2D eigenvalue weighted by atomic mass is 32.1. The van der Waals surface area contributed by atoms with E-state index in [1.165, 1.54) is 35.0 Å². The number of nitrogens with zero attached hydrogens (tertiary/aromatic N) is 2. The van der Waals surface area contributed by atoms with E-state index < -0.39 is 0 Å². The summed E-state index contributed by atoms with van der Waals surface area (Å²) in [6, 6.07) is 0.477. The van der Waals surface area contributed by atoms with Gasteiger partial charge < -0.3 is 10.2 Å². The smallest absolute Gasteiger partial charge is 0.185 e. The molecule has 1 atom stereocenters. The number of hydrogen-bond acceptors (Lipinski definition) is 4. The lowest BCUT2D eigenvalue weighted by atomic mass is 9.76. The van der Waals surface area contributed by atoms with Crippen molar-refractivity contribution >= 4 is 16.5 Å². The van der Waals surface area contributed by atoms with E-state index in [0.717, 1.165) is 19.5 Å². The van der Waals surface area contributed by atoms with Crippen molar-refractivity contribution in [2.24, 2.45) is 5.41 Å². The molecule has 1 N–H and O–H groups in total. The molecule has 1 aliphatic rings. The fourth-order valence-electron chi connectivity index (χ4n) is 3.13. The van der Waals surface area contributed by atoms with Gasteiger partial charge in [0.1, 0.15) is 0 Å². The zero-order valence-corrected chi connectivity index (χ0v) is 14.4. The third kappa shape index (κ3) is 3.34. The van der Waals surface area contributed by atoms with Gasteiger partial charge in [-0.1, -0.05) is 39.0 Å². The van der Waals surface area contributed by atoms with Crippen molar-refractivity contribution in [3.05, 3.63) is 10.6 Å². The van der Waals surface area contributed by atoms with Crippen molar-refractivity contribution in [3.8, 4) is 0 Å². The Morgan fingerprint density at radius 2 is 1.95 bits per heavy atom. The fourth-order valence-corrected chi connectivity index (χ4v) is 4.37. The normalized spacial score (nSPS) is 20.8. The molecule has 0 fully saturated rings. The standard InChI is InChI=1S/C16H29N3S/c1-6-8-19(9-7-2)15-18-13-11-16(3,4)10-12(17-5)14(13)20-15/h12,17H,6-11H2,1-5H3. The van der Waals surface area contributed by atoms with E-state index in [1.54, 1.807) is 0 Å². The van der Waals surface area contributed by atoms with Crippen LogP contribution in [-0.2, 0) is 6.42 Å². The maximum atomic E-state index is 4.99. The lowest BCUT2D eigenvalue weighted by molar-refractivity contribution is 0.265. The van der Waals surface area contributed by atoms with Gasteiger partial charge in [0, 0.05) is 24.0 Å². The van der Waals surface area contributed by atoms with E-state index in [9.17, 15) is 0 Å². The third-order valence-electron chi connectivity index (χ3n) is 4.04. The first-order valence-electron chi connectivity index (χ1n) is 7.92. The third-order valence-corrected chi connectivity index (χ3v) is 5.31. The van der Waals surface area contributed by atoms with Crippen LogP contribution in [0.4, 0.5) is 5.13 Å². The Balaban J connectivity index is 2.29. The van der Waals surface area contributed by atoms with Crippen molar-refractivity contribution in [3.63, 3.8) is 0 Å². The number of nitrogens with one attached hydrogen (secondary N) is 1. The summed E-state index contributed by atoms with van der Waals surface area (Å²) in [5.74, 6) is 0. The highest BCUT2D eigenvalue weighted by Gasteiger charge is 2.34. The molecule has 0 amide bonds. The molecule has 0 saturated carbocycles. The van der Waals surface area contributed by atoms with Gasteiger partial charge in [0.05, 0.1) is 5.69 Å². The summed E-state index contributed by atoms with van der Waals surface area (Å²) < 4.78 is 0. The predicted molar refractivity (Wildman–Crippen MR) is 88.8 cm³/mol. The fraction of sp³-hybridized carbons (Fsp3) is 0.812. The van der Waals surface area contributed by atoms with Crippen LogP contribution in [0.5, 0.6) is 0 Å². The molecule has 0 saturated heterocycles. The maximum absolute atomic E-state index is 4.99. The van der Waals surface area contributed by atoms with Gasteiger partial charge in [-0.05, 0) is 38.1 Å². The quantitative estimate of drug-likeness (QED) is 0.859. The SMILES string of the molecule is CCCN(CCC)c1nc2c(s1)C(NC)CC(C)(C)C2. The Bertz CT molecular complexity index is 433. The summed E-state index contributed by atoms with van der Waals surface area (Å²) in [5, 5.41) is 4.72. The van der Waals surface area contributed by atoms with Crippen molar-refractivity contribution in [1.82, 2.24) is 10.3 Å². The first-order valence-corrected chi connectivity index (χ1v) is 8.74. The second kappa shape index (κ2) is 6.44. The zero-order chi connectivity index (χ0) is 14.8. The van der Waals surface area contributed by atoms with E-state index in [-0.39, 0.29) is 0 Å². The van der Waals surface area contributed by atoms with E-state index in [0.29, 0.717) is 11.5 Å². The van der Waals surface area contributed by atoms with E-state index >= 15 is 0 Å². The van der Waals surface area contributed by atoms with Crippen molar-refractivity contribution in [1.29, 1.82) is 0 Å². The zero-order valence-electron chi connectivity index (χ0n) is 13.6. The molecule has 0 aromatic carbocycles. The summed E-state index contributed by atoms with van der Waals surface area (Å²) in [7, 11) is 2.07. The number of thiazole rings is 1. The Morgan fingerprint density at radius 3 is 2.50 bits per heavy atom. The molecule has 1 aromatic rings. The average Bonchev–Trinajstić information content (AvgIpc) is 2.79. The molecule has 1 heterocycles. The Hall–Kier alpha value is -0.610. The van der Waals surface area contributed by atoms with Gasteiger partial charge in [0.2, 0.25) is 0 Å². The minimum absolute atomic E-state index is 0.354. The molecule has 1 unspecified atom stereocenters. The topological polar surface area (TPSA) is 28.2 Å². The summed E-state index contributed by atoms with van der Waals surface area (Å²) in [6.45, 7) is 11.4. The Morgan fingerprint density at radius 1 is 1.30 bits per heavy atom. The molecular formula is C16H29N3S. The van der Waals surface area contributed by atoms with E-state index in [2.05, 4.69) is 45.0 Å².